The van der Waals surface area contributed by atoms with Crippen molar-refractivity contribution in [2.24, 2.45) is 0 Å². The quantitative estimate of drug-likeness (QED) is 0.699. The second-order valence-electron chi connectivity index (χ2n) is 6.62. The molecule has 4 rings (SSSR count). The Balaban J connectivity index is 1.47. The van der Waals surface area contributed by atoms with Crippen molar-refractivity contribution >= 4 is 35.3 Å². The number of nitrogens with zero attached hydrogens (tertiary/aromatic N) is 5. The predicted octanol–water partition coefficient (Wildman–Crippen LogP) is 1.28. The van der Waals surface area contributed by atoms with E-state index in [1.54, 1.807) is 0 Å². The minimum atomic E-state index is -0.0949. The van der Waals surface area contributed by atoms with Crippen molar-refractivity contribution in [3.05, 3.63) is 30.3 Å². The fraction of sp³-hybridized carbons (Fsp3) is 0.474. The van der Waals surface area contributed by atoms with E-state index in [2.05, 4.69) is 30.1 Å². The summed E-state index contributed by atoms with van der Waals surface area (Å²) in [5.74, 6) is 1.40. The highest BCUT2D eigenvalue weighted by atomic mass is 32.2. The minimum absolute atomic E-state index is 0.0949. The molecule has 2 fully saturated rings. The molecule has 0 atom stereocenters. The number of nitrogens with one attached hydrogen (secondary N) is 1. The molecule has 1 N–H and O–H groups in total. The average Bonchev–Trinajstić information content (AvgIpc) is 2.79. The van der Waals surface area contributed by atoms with Gasteiger partial charge in [0.05, 0.1) is 32.2 Å². The number of aromatic nitrogens is 3. The summed E-state index contributed by atoms with van der Waals surface area (Å²) >= 11 is 1.31. The number of thioether (sulfide) groups is 1. The summed E-state index contributed by atoms with van der Waals surface area (Å²) in [7, 11) is 0. The van der Waals surface area contributed by atoms with Gasteiger partial charge in [-0.15, -0.1) is 0 Å². The van der Waals surface area contributed by atoms with Crippen LogP contribution in [-0.2, 0) is 14.3 Å². The number of carbonyl (C=O) groups is 1. The first-order chi connectivity index (χ1) is 14.3. The zero-order valence-electron chi connectivity index (χ0n) is 16.1. The lowest BCUT2D eigenvalue weighted by Gasteiger charge is -2.30. The predicted molar refractivity (Wildman–Crippen MR) is 112 cm³/mol. The molecule has 1 amide bonds. The van der Waals surface area contributed by atoms with E-state index in [0.717, 1.165) is 31.9 Å². The summed E-state index contributed by atoms with van der Waals surface area (Å²) in [4.78, 5) is 30.4. The number of rotatable bonds is 6. The van der Waals surface area contributed by atoms with Crippen molar-refractivity contribution < 1.29 is 14.3 Å². The zero-order chi connectivity index (χ0) is 19.9. The van der Waals surface area contributed by atoms with E-state index in [1.165, 1.54) is 11.8 Å². The van der Waals surface area contributed by atoms with Gasteiger partial charge in [0, 0.05) is 31.9 Å². The molecule has 2 aliphatic heterocycles. The lowest BCUT2D eigenvalue weighted by Crippen LogP contribution is -2.40. The van der Waals surface area contributed by atoms with E-state index in [0.29, 0.717) is 43.5 Å². The van der Waals surface area contributed by atoms with E-state index in [9.17, 15) is 4.79 Å². The zero-order valence-corrected chi connectivity index (χ0v) is 16.9. The maximum atomic E-state index is 12.3. The first kappa shape index (κ1) is 19.9. The molecule has 2 aromatic rings. The van der Waals surface area contributed by atoms with E-state index in [-0.39, 0.29) is 11.7 Å². The number of carbonyl (C=O) groups excluding carboxylic acids is 1. The molecule has 0 spiro atoms. The molecule has 2 aliphatic rings. The number of hydrogen-bond acceptors (Lipinski definition) is 9. The fourth-order valence-electron chi connectivity index (χ4n) is 3.06. The molecule has 1 aromatic heterocycles. The van der Waals surface area contributed by atoms with Gasteiger partial charge in [0.2, 0.25) is 17.8 Å². The van der Waals surface area contributed by atoms with Crippen LogP contribution < -0.4 is 15.1 Å². The van der Waals surface area contributed by atoms with Gasteiger partial charge in [-0.1, -0.05) is 30.0 Å². The van der Waals surface area contributed by atoms with Crippen molar-refractivity contribution in [2.45, 2.75) is 5.16 Å². The lowest BCUT2D eigenvalue weighted by atomic mass is 10.3. The SMILES string of the molecule is O=C(CSc1nc(N2CCOCC2)nc(N2CCOCC2)n1)Nc1ccccc1. The topological polar surface area (TPSA) is 92.7 Å². The first-order valence-corrected chi connectivity index (χ1v) is 10.7. The molecule has 10 heteroatoms. The van der Waals surface area contributed by atoms with E-state index < -0.39 is 0 Å². The molecule has 0 aliphatic carbocycles. The standard InChI is InChI=1S/C19H24N6O3S/c26-16(20-15-4-2-1-3-5-15)14-29-19-22-17(24-6-10-27-11-7-24)21-18(23-19)25-8-12-28-13-9-25/h1-5H,6-14H2,(H,20,26). The second-order valence-corrected chi connectivity index (χ2v) is 7.56. The highest BCUT2D eigenvalue weighted by molar-refractivity contribution is 7.99. The molecule has 9 nitrogen and oxygen atoms in total. The van der Waals surface area contributed by atoms with Crippen LogP contribution in [0.3, 0.4) is 0 Å². The third-order valence-corrected chi connectivity index (χ3v) is 5.42. The summed E-state index contributed by atoms with van der Waals surface area (Å²) in [5, 5.41) is 3.43. The van der Waals surface area contributed by atoms with E-state index in [1.807, 2.05) is 30.3 Å². The molecule has 29 heavy (non-hydrogen) atoms. The summed E-state index contributed by atoms with van der Waals surface area (Å²) in [5.41, 5.74) is 0.775. The van der Waals surface area contributed by atoms with Gasteiger partial charge in [0.15, 0.2) is 5.16 Å². The normalized spacial score (nSPS) is 17.2. The Bertz CT molecular complexity index is 777. The van der Waals surface area contributed by atoms with Gasteiger partial charge in [-0.25, -0.2) is 0 Å². The van der Waals surface area contributed by atoms with Crippen LogP contribution in [0.1, 0.15) is 0 Å². The number of hydrogen-bond donors (Lipinski definition) is 1. The van der Waals surface area contributed by atoms with Crippen molar-refractivity contribution in [1.29, 1.82) is 0 Å². The highest BCUT2D eigenvalue weighted by Gasteiger charge is 2.21. The Morgan fingerprint density at radius 3 is 2.00 bits per heavy atom. The molecule has 0 unspecified atom stereocenters. The Kier molecular flexibility index (Phi) is 6.75. The maximum absolute atomic E-state index is 12.3. The van der Waals surface area contributed by atoms with Crippen molar-refractivity contribution in [3.8, 4) is 0 Å². The van der Waals surface area contributed by atoms with Crippen LogP contribution in [-0.4, -0.2) is 79.2 Å². The molecular weight excluding hydrogens is 392 g/mol. The molecule has 3 heterocycles. The summed E-state index contributed by atoms with van der Waals surface area (Å²) in [6, 6.07) is 9.41. The molecule has 0 radical (unpaired) electrons. The Labute approximate surface area is 173 Å². The van der Waals surface area contributed by atoms with Crippen molar-refractivity contribution in [1.82, 2.24) is 15.0 Å². The minimum Gasteiger partial charge on any atom is -0.378 e. The molecule has 0 bridgehead atoms. The highest BCUT2D eigenvalue weighted by Crippen LogP contribution is 2.22. The average molecular weight is 417 g/mol. The molecule has 1 aromatic carbocycles. The van der Waals surface area contributed by atoms with Gasteiger partial charge < -0.3 is 24.6 Å². The monoisotopic (exact) mass is 416 g/mol. The smallest absolute Gasteiger partial charge is 0.234 e. The third kappa shape index (κ3) is 5.55. The van der Waals surface area contributed by atoms with Crippen molar-refractivity contribution in [3.63, 3.8) is 0 Å². The van der Waals surface area contributed by atoms with E-state index in [4.69, 9.17) is 9.47 Å². The van der Waals surface area contributed by atoms with Gasteiger partial charge in [-0.3, -0.25) is 4.79 Å². The van der Waals surface area contributed by atoms with Gasteiger partial charge in [0.1, 0.15) is 0 Å². The number of ether oxygens (including phenoxy) is 2. The number of anilines is 3. The largest absolute Gasteiger partial charge is 0.378 e. The van der Waals surface area contributed by atoms with Crippen LogP contribution in [0.5, 0.6) is 0 Å². The van der Waals surface area contributed by atoms with Gasteiger partial charge in [-0.2, -0.15) is 15.0 Å². The molecular formula is C19H24N6O3S. The van der Waals surface area contributed by atoms with Gasteiger partial charge in [-0.05, 0) is 12.1 Å². The van der Waals surface area contributed by atoms with Crippen LogP contribution in [0.4, 0.5) is 17.6 Å². The van der Waals surface area contributed by atoms with Crippen LogP contribution in [0.25, 0.3) is 0 Å². The summed E-state index contributed by atoms with van der Waals surface area (Å²) in [6.45, 7) is 5.58. The molecule has 0 saturated carbocycles. The summed E-state index contributed by atoms with van der Waals surface area (Å²) in [6.07, 6.45) is 0. The first-order valence-electron chi connectivity index (χ1n) is 9.67. The van der Waals surface area contributed by atoms with Crippen molar-refractivity contribution in [2.75, 3.05) is 73.5 Å². The number of amides is 1. The second kappa shape index (κ2) is 9.86. The Morgan fingerprint density at radius 2 is 1.45 bits per heavy atom. The van der Waals surface area contributed by atoms with E-state index >= 15 is 0 Å². The molecule has 154 valence electrons. The molecule has 2 saturated heterocycles. The number of morpholine rings is 2. The van der Waals surface area contributed by atoms with Crippen LogP contribution >= 0.6 is 11.8 Å². The van der Waals surface area contributed by atoms with Crippen LogP contribution in [0.15, 0.2) is 35.5 Å². The number of para-hydroxylation sites is 1. The number of benzene rings is 1. The Morgan fingerprint density at radius 1 is 0.897 bits per heavy atom. The third-order valence-electron chi connectivity index (χ3n) is 4.57. The summed E-state index contributed by atoms with van der Waals surface area (Å²) < 4.78 is 10.9. The maximum Gasteiger partial charge on any atom is 0.234 e. The van der Waals surface area contributed by atoms with Crippen LogP contribution in [0, 0.1) is 0 Å². The van der Waals surface area contributed by atoms with Gasteiger partial charge >= 0.3 is 0 Å². The van der Waals surface area contributed by atoms with Gasteiger partial charge in [0.25, 0.3) is 0 Å². The van der Waals surface area contributed by atoms with Crippen LogP contribution in [0.2, 0.25) is 0 Å². The lowest BCUT2D eigenvalue weighted by molar-refractivity contribution is -0.113. The Hall–Kier alpha value is -2.43. The fourth-order valence-corrected chi connectivity index (χ4v) is 3.68.